The van der Waals surface area contributed by atoms with Gasteiger partial charge in [0.15, 0.2) is 0 Å². The van der Waals surface area contributed by atoms with Crippen molar-refractivity contribution in [2.75, 3.05) is 50.1 Å². The number of amides is 1. The van der Waals surface area contributed by atoms with E-state index in [1.54, 1.807) is 22.8 Å². The summed E-state index contributed by atoms with van der Waals surface area (Å²) in [6, 6.07) is 19.0. The number of morpholine rings is 1. The van der Waals surface area contributed by atoms with Gasteiger partial charge in [-0.2, -0.15) is 15.0 Å². The topological polar surface area (TPSA) is 157 Å². The summed E-state index contributed by atoms with van der Waals surface area (Å²) in [4.78, 5) is 14.7. The number of para-hydroxylation sites is 1. The first-order valence-electron chi connectivity index (χ1n) is 13.6. The average molecular weight is 581 g/mol. The van der Waals surface area contributed by atoms with Gasteiger partial charge in [-0.1, -0.05) is 23.3 Å². The molecule has 5 aromatic rings. The first-order chi connectivity index (χ1) is 21.1. The maximum Gasteiger partial charge on any atom is 0.411 e. The minimum atomic E-state index is -0.559. The minimum absolute atomic E-state index is 0.220. The van der Waals surface area contributed by atoms with E-state index in [9.17, 15) is 10.1 Å². The zero-order chi connectivity index (χ0) is 29.6. The van der Waals surface area contributed by atoms with Crippen molar-refractivity contribution in [3.63, 3.8) is 0 Å². The summed E-state index contributed by atoms with van der Waals surface area (Å²) < 4.78 is 19.8. The number of carbonyl (C=O) groups is 1. The average Bonchev–Trinajstić information content (AvgIpc) is 3.63. The molecule has 3 aromatic heterocycles. The van der Waals surface area contributed by atoms with E-state index in [4.69, 9.17) is 14.2 Å². The largest absolute Gasteiger partial charge is 0.448 e. The summed E-state index contributed by atoms with van der Waals surface area (Å²) in [5.41, 5.74) is 4.26. The molecule has 0 radical (unpaired) electrons. The summed E-state index contributed by atoms with van der Waals surface area (Å²) in [5, 5.41) is 32.0. The molecule has 1 aliphatic heterocycles. The summed E-state index contributed by atoms with van der Waals surface area (Å²) in [6.45, 7) is 5.77. The van der Waals surface area contributed by atoms with Crippen LogP contribution in [0.3, 0.4) is 0 Å². The fourth-order valence-electron chi connectivity index (χ4n) is 4.69. The molecule has 0 bridgehead atoms. The Morgan fingerprint density at radius 3 is 2.67 bits per heavy atom. The van der Waals surface area contributed by atoms with E-state index in [0.29, 0.717) is 53.7 Å². The third kappa shape index (κ3) is 6.22. The van der Waals surface area contributed by atoms with Crippen molar-refractivity contribution in [2.24, 2.45) is 0 Å². The summed E-state index contributed by atoms with van der Waals surface area (Å²) in [7, 11) is 0. The lowest BCUT2D eigenvalue weighted by Crippen LogP contribution is -2.38. The number of anilines is 3. The monoisotopic (exact) mass is 580 g/mol. The molecule has 0 atom stereocenters. The van der Waals surface area contributed by atoms with Crippen LogP contribution in [0.25, 0.3) is 11.2 Å². The number of ether oxygens (including phenoxy) is 3. The fourth-order valence-corrected chi connectivity index (χ4v) is 4.69. The second-order valence-corrected chi connectivity index (χ2v) is 9.68. The van der Waals surface area contributed by atoms with Crippen LogP contribution >= 0.6 is 0 Å². The highest BCUT2D eigenvalue weighted by Crippen LogP contribution is 2.33. The summed E-state index contributed by atoms with van der Waals surface area (Å²) in [5.74, 6) is 0.524. The highest BCUT2D eigenvalue weighted by atomic mass is 16.5. The Morgan fingerprint density at radius 1 is 1.12 bits per heavy atom. The predicted molar refractivity (Wildman–Crippen MR) is 156 cm³/mol. The van der Waals surface area contributed by atoms with E-state index >= 15 is 0 Å². The van der Waals surface area contributed by atoms with Crippen molar-refractivity contribution in [1.29, 1.82) is 5.26 Å². The van der Waals surface area contributed by atoms with Gasteiger partial charge in [0.1, 0.15) is 18.4 Å². The van der Waals surface area contributed by atoms with Crippen molar-refractivity contribution >= 4 is 28.7 Å². The Labute approximate surface area is 246 Å². The molecule has 14 heteroatoms. The molecular formula is C29H28N10O4. The molecule has 4 heterocycles. The van der Waals surface area contributed by atoms with Gasteiger partial charge in [-0.3, -0.25) is 10.2 Å². The Morgan fingerprint density at radius 2 is 1.91 bits per heavy atom. The number of fused-ring (bicyclic) bond motifs is 1. The molecule has 6 rings (SSSR count). The highest BCUT2D eigenvalue weighted by Gasteiger charge is 2.18. The zero-order valence-electron chi connectivity index (χ0n) is 23.3. The number of nitrogens with one attached hydrogen (secondary N) is 2. The number of hydrogen-bond acceptors (Lipinski definition) is 11. The smallest absolute Gasteiger partial charge is 0.411 e. The Kier molecular flexibility index (Phi) is 8.07. The first kappa shape index (κ1) is 27.6. The van der Waals surface area contributed by atoms with Gasteiger partial charge in [-0.05, 0) is 53.7 Å². The van der Waals surface area contributed by atoms with E-state index in [1.165, 1.54) is 10.9 Å². The molecule has 2 N–H and O–H groups in total. The number of nitrogens with zero attached hydrogens (tertiary/aromatic N) is 8. The lowest BCUT2D eigenvalue weighted by Gasteiger charge is -2.26. The molecule has 1 fully saturated rings. The summed E-state index contributed by atoms with van der Waals surface area (Å²) in [6.07, 6.45) is 2.60. The van der Waals surface area contributed by atoms with Crippen LogP contribution in [0, 0.1) is 18.3 Å². The SMILES string of the molecule is Cc1c(NC(=O)OCCN2CCOCC2)cn2ncc(C#N)c(Nc3ccc(Oc4nnnn4-c4ccccc4)cc3)c12. The van der Waals surface area contributed by atoms with Crippen LogP contribution in [-0.4, -0.2) is 80.3 Å². The Balaban J connectivity index is 1.16. The van der Waals surface area contributed by atoms with Crippen molar-refractivity contribution in [1.82, 2.24) is 34.7 Å². The fraction of sp³-hybridized carbons (Fsp3) is 0.241. The van der Waals surface area contributed by atoms with E-state index < -0.39 is 6.09 Å². The van der Waals surface area contributed by atoms with Gasteiger partial charge in [0.2, 0.25) is 0 Å². The molecule has 1 saturated heterocycles. The van der Waals surface area contributed by atoms with Crippen molar-refractivity contribution in [2.45, 2.75) is 6.92 Å². The molecule has 43 heavy (non-hydrogen) atoms. The number of carbonyl (C=O) groups excluding carboxylic acids is 1. The van der Waals surface area contributed by atoms with Gasteiger partial charge in [0.25, 0.3) is 0 Å². The Bertz CT molecular complexity index is 1760. The molecule has 14 nitrogen and oxygen atoms in total. The van der Waals surface area contributed by atoms with Crippen LogP contribution in [0.5, 0.6) is 11.8 Å². The second kappa shape index (κ2) is 12.6. The lowest BCUT2D eigenvalue weighted by atomic mass is 10.1. The predicted octanol–water partition coefficient (Wildman–Crippen LogP) is 3.91. The lowest BCUT2D eigenvalue weighted by molar-refractivity contribution is 0.0290. The van der Waals surface area contributed by atoms with Crippen molar-refractivity contribution in [3.05, 3.63) is 78.1 Å². The maximum absolute atomic E-state index is 12.5. The van der Waals surface area contributed by atoms with Gasteiger partial charge < -0.3 is 19.5 Å². The number of tetrazole rings is 1. The molecule has 1 aliphatic rings. The zero-order valence-corrected chi connectivity index (χ0v) is 23.3. The normalized spacial score (nSPS) is 13.4. The number of benzene rings is 2. The van der Waals surface area contributed by atoms with Crippen LogP contribution in [0.2, 0.25) is 0 Å². The van der Waals surface area contributed by atoms with Crippen molar-refractivity contribution < 1.29 is 19.0 Å². The highest BCUT2D eigenvalue weighted by molar-refractivity contribution is 5.92. The number of aryl methyl sites for hydroxylation is 1. The van der Waals surface area contributed by atoms with Crippen LogP contribution in [0.4, 0.5) is 21.9 Å². The minimum Gasteiger partial charge on any atom is -0.448 e. The molecule has 1 amide bonds. The third-order valence-electron chi connectivity index (χ3n) is 6.93. The van der Waals surface area contributed by atoms with Crippen LogP contribution < -0.4 is 15.4 Å². The quantitative estimate of drug-likeness (QED) is 0.261. The van der Waals surface area contributed by atoms with E-state index in [1.807, 2.05) is 49.4 Å². The molecule has 0 aliphatic carbocycles. The maximum atomic E-state index is 12.5. The van der Waals surface area contributed by atoms with E-state index in [-0.39, 0.29) is 12.6 Å². The van der Waals surface area contributed by atoms with E-state index in [2.05, 4.69) is 42.2 Å². The van der Waals surface area contributed by atoms with Crippen LogP contribution in [-0.2, 0) is 9.47 Å². The third-order valence-corrected chi connectivity index (χ3v) is 6.93. The van der Waals surface area contributed by atoms with Gasteiger partial charge in [-0.25, -0.2) is 9.31 Å². The molecule has 0 saturated carbocycles. The van der Waals surface area contributed by atoms with Gasteiger partial charge in [0, 0.05) is 30.9 Å². The standard InChI is InChI=1S/C29H28N10O4/c1-20-25(33-29(40)42-16-13-37-11-14-41-15-12-37)19-38-27(20)26(21(17-30)18-31-38)32-22-7-9-24(10-8-22)43-28-34-35-36-39(28)23-5-3-2-4-6-23/h2-10,18-19,32H,11-16H2,1H3,(H,33,40). The number of rotatable bonds is 9. The van der Waals surface area contributed by atoms with Crippen LogP contribution in [0.15, 0.2) is 67.0 Å². The van der Waals surface area contributed by atoms with E-state index in [0.717, 1.165) is 24.3 Å². The Hall–Kier alpha value is -5.52. The van der Waals surface area contributed by atoms with Crippen molar-refractivity contribution in [3.8, 4) is 23.5 Å². The van der Waals surface area contributed by atoms with Gasteiger partial charge >= 0.3 is 12.1 Å². The number of nitriles is 1. The van der Waals surface area contributed by atoms with Gasteiger partial charge in [0.05, 0.1) is 53.7 Å². The molecule has 218 valence electrons. The molecular weight excluding hydrogens is 552 g/mol. The molecule has 0 spiro atoms. The molecule has 2 aromatic carbocycles. The second-order valence-electron chi connectivity index (χ2n) is 9.68. The number of hydrogen-bond donors (Lipinski definition) is 2. The summed E-state index contributed by atoms with van der Waals surface area (Å²) >= 11 is 0. The first-order valence-corrected chi connectivity index (χ1v) is 13.6. The van der Waals surface area contributed by atoms with Crippen LogP contribution in [0.1, 0.15) is 11.1 Å². The molecule has 0 unspecified atom stereocenters. The van der Waals surface area contributed by atoms with Gasteiger partial charge in [-0.15, -0.1) is 0 Å². The number of aromatic nitrogens is 6.